The molecule has 0 aliphatic heterocycles. The Balaban J connectivity index is 2.84. The molecule has 0 spiro atoms. The third-order valence-corrected chi connectivity index (χ3v) is 3.22. The fourth-order valence-corrected chi connectivity index (χ4v) is 2.17. The summed E-state index contributed by atoms with van der Waals surface area (Å²) >= 11 is 11.8. The van der Waals surface area contributed by atoms with Crippen molar-refractivity contribution in [2.75, 3.05) is 6.61 Å². The van der Waals surface area contributed by atoms with Gasteiger partial charge in [0.2, 0.25) is 0 Å². The topological polar surface area (TPSA) is 106 Å². The molecule has 2 N–H and O–H groups in total. The van der Waals surface area contributed by atoms with E-state index in [2.05, 4.69) is 16.1 Å². The Labute approximate surface area is 137 Å². The predicted octanol–water partition coefficient (Wildman–Crippen LogP) is 2.35. The van der Waals surface area contributed by atoms with E-state index in [-0.39, 0.29) is 13.0 Å². The van der Waals surface area contributed by atoms with Gasteiger partial charge in [-0.05, 0) is 17.7 Å². The summed E-state index contributed by atoms with van der Waals surface area (Å²) in [4.78, 5) is 26.2. The SMILES string of the molecule is C=CCOC(=O)C(=[N+]=[N-])C(=O)C[C@@H](N)c1ccc(Cl)cc1Cl. The van der Waals surface area contributed by atoms with Crippen molar-refractivity contribution in [1.29, 1.82) is 0 Å². The maximum atomic E-state index is 12.0. The molecule has 0 bridgehead atoms. The van der Waals surface area contributed by atoms with Gasteiger partial charge in [-0.1, -0.05) is 41.9 Å². The standard InChI is InChI=1S/C14H13Cl2N3O3/c1-2-5-22-14(21)13(19-18)12(20)7-11(17)9-4-3-8(15)6-10(9)16/h2-4,6,11H,1,5,7,17H2/t11-/m1/s1. The summed E-state index contributed by atoms with van der Waals surface area (Å²) in [7, 11) is 0. The van der Waals surface area contributed by atoms with Crippen LogP contribution in [0, 0.1) is 0 Å². The second-order valence-corrected chi connectivity index (χ2v) is 5.08. The second kappa shape index (κ2) is 8.46. The van der Waals surface area contributed by atoms with Gasteiger partial charge >= 0.3 is 11.7 Å². The number of rotatable bonds is 7. The summed E-state index contributed by atoms with van der Waals surface area (Å²) in [6.07, 6.45) is 1.03. The largest absolute Gasteiger partial charge is 0.453 e. The van der Waals surface area contributed by atoms with Crippen molar-refractivity contribution in [1.82, 2.24) is 0 Å². The number of Topliss-reactive ketones (excluding diaryl/α,β-unsaturated/α-hetero) is 1. The Morgan fingerprint density at radius 3 is 2.68 bits per heavy atom. The van der Waals surface area contributed by atoms with Crippen molar-refractivity contribution in [3.05, 3.63) is 52.0 Å². The smallest absolute Gasteiger partial charge is 0.441 e. The summed E-state index contributed by atoms with van der Waals surface area (Å²) in [6, 6.07) is 3.85. The number of hydrogen-bond acceptors (Lipinski definition) is 4. The lowest BCUT2D eigenvalue weighted by Gasteiger charge is -2.12. The molecule has 0 aliphatic rings. The van der Waals surface area contributed by atoms with E-state index in [4.69, 9.17) is 34.5 Å². The Bertz CT molecular complexity index is 655. The van der Waals surface area contributed by atoms with E-state index >= 15 is 0 Å². The number of ketones is 1. The normalized spacial score (nSPS) is 11.2. The molecule has 1 atom stereocenters. The highest BCUT2D eigenvalue weighted by atomic mass is 35.5. The van der Waals surface area contributed by atoms with E-state index in [9.17, 15) is 9.59 Å². The Morgan fingerprint density at radius 1 is 1.45 bits per heavy atom. The molecular weight excluding hydrogens is 329 g/mol. The molecule has 8 heteroatoms. The molecule has 1 aromatic rings. The number of nitrogens with two attached hydrogens (primary N) is 1. The van der Waals surface area contributed by atoms with Crippen molar-refractivity contribution < 1.29 is 19.1 Å². The van der Waals surface area contributed by atoms with Crippen LogP contribution in [0.1, 0.15) is 18.0 Å². The quantitative estimate of drug-likeness (QED) is 0.205. The van der Waals surface area contributed by atoms with Crippen LogP contribution in [0.4, 0.5) is 0 Å². The van der Waals surface area contributed by atoms with E-state index in [0.29, 0.717) is 15.6 Å². The number of benzene rings is 1. The van der Waals surface area contributed by atoms with Gasteiger partial charge in [-0.15, -0.1) is 0 Å². The van der Waals surface area contributed by atoms with Gasteiger partial charge < -0.3 is 16.0 Å². The number of nitrogens with zero attached hydrogens (tertiary/aromatic N) is 2. The fourth-order valence-electron chi connectivity index (χ4n) is 1.62. The maximum Gasteiger partial charge on any atom is 0.441 e. The van der Waals surface area contributed by atoms with E-state index < -0.39 is 23.5 Å². The van der Waals surface area contributed by atoms with Crippen LogP contribution in [0.2, 0.25) is 10.0 Å². The van der Waals surface area contributed by atoms with Gasteiger partial charge in [-0.25, -0.2) is 4.79 Å². The van der Waals surface area contributed by atoms with Gasteiger partial charge in [0.05, 0.1) is 0 Å². The predicted molar refractivity (Wildman–Crippen MR) is 82.8 cm³/mol. The first-order chi connectivity index (χ1) is 10.4. The Morgan fingerprint density at radius 2 is 2.14 bits per heavy atom. The van der Waals surface area contributed by atoms with Gasteiger partial charge in [0.25, 0.3) is 5.78 Å². The zero-order valence-electron chi connectivity index (χ0n) is 11.5. The van der Waals surface area contributed by atoms with E-state index in [1.165, 1.54) is 12.1 Å². The van der Waals surface area contributed by atoms with E-state index in [1.54, 1.807) is 12.1 Å². The lowest BCUT2D eigenvalue weighted by molar-refractivity contribution is -0.141. The van der Waals surface area contributed by atoms with E-state index in [0.717, 1.165) is 0 Å². The van der Waals surface area contributed by atoms with Crippen LogP contribution in [0.5, 0.6) is 0 Å². The molecular formula is C14H13Cl2N3O3. The number of carbonyl (C=O) groups excluding carboxylic acids is 2. The molecule has 6 nitrogen and oxygen atoms in total. The van der Waals surface area contributed by atoms with Crippen LogP contribution >= 0.6 is 23.2 Å². The molecule has 0 aliphatic carbocycles. The molecule has 0 saturated heterocycles. The van der Waals surface area contributed by atoms with E-state index in [1.807, 2.05) is 0 Å². The molecule has 0 aromatic heterocycles. The van der Waals surface area contributed by atoms with Crippen molar-refractivity contribution in [2.45, 2.75) is 12.5 Å². The minimum Gasteiger partial charge on any atom is -0.453 e. The maximum absolute atomic E-state index is 12.0. The van der Waals surface area contributed by atoms with Gasteiger partial charge in [0.1, 0.15) is 6.61 Å². The number of halogens is 2. The van der Waals surface area contributed by atoms with Gasteiger partial charge in [-0.2, -0.15) is 4.79 Å². The Kier molecular flexibility index (Phi) is 6.95. The van der Waals surface area contributed by atoms with Gasteiger partial charge in [-0.3, -0.25) is 4.79 Å². The third kappa shape index (κ3) is 4.79. The minimum absolute atomic E-state index is 0.111. The summed E-state index contributed by atoms with van der Waals surface area (Å²) in [6.45, 7) is 3.25. The monoisotopic (exact) mass is 341 g/mol. The van der Waals surface area contributed by atoms with Crippen molar-refractivity contribution >= 4 is 40.7 Å². The lowest BCUT2D eigenvalue weighted by atomic mass is 10.0. The molecule has 0 amide bonds. The van der Waals surface area contributed by atoms with Gasteiger partial charge in [0, 0.05) is 22.5 Å². The zero-order valence-corrected chi connectivity index (χ0v) is 13.0. The van der Waals surface area contributed by atoms with Crippen LogP contribution in [0.15, 0.2) is 30.9 Å². The van der Waals surface area contributed by atoms with Gasteiger partial charge in [0.15, 0.2) is 0 Å². The van der Waals surface area contributed by atoms with Crippen molar-refractivity contribution in [3.8, 4) is 0 Å². The van der Waals surface area contributed by atoms with Crippen LogP contribution in [-0.4, -0.2) is 28.9 Å². The van der Waals surface area contributed by atoms with Crippen LogP contribution in [0.25, 0.3) is 5.53 Å². The van der Waals surface area contributed by atoms with Crippen LogP contribution < -0.4 is 5.73 Å². The molecule has 22 heavy (non-hydrogen) atoms. The van der Waals surface area contributed by atoms with Crippen LogP contribution in [0.3, 0.4) is 0 Å². The summed E-state index contributed by atoms with van der Waals surface area (Å²) in [5.74, 6) is -1.82. The highest BCUT2D eigenvalue weighted by Crippen LogP contribution is 2.26. The van der Waals surface area contributed by atoms with Crippen LogP contribution in [-0.2, 0) is 14.3 Å². The average molecular weight is 342 g/mol. The first-order valence-electron chi connectivity index (χ1n) is 6.14. The second-order valence-electron chi connectivity index (χ2n) is 4.24. The molecule has 0 saturated carbocycles. The lowest BCUT2D eigenvalue weighted by Crippen LogP contribution is -2.30. The molecule has 0 fully saturated rings. The highest BCUT2D eigenvalue weighted by molar-refractivity contribution is 6.62. The number of carbonyl (C=O) groups is 2. The molecule has 1 aromatic carbocycles. The molecule has 116 valence electrons. The molecule has 0 heterocycles. The summed E-state index contributed by atoms with van der Waals surface area (Å²) < 4.78 is 4.64. The van der Waals surface area contributed by atoms with Crippen molar-refractivity contribution in [2.24, 2.45) is 5.73 Å². The third-order valence-electron chi connectivity index (χ3n) is 2.66. The molecule has 0 radical (unpaired) electrons. The number of hydrogen-bond donors (Lipinski definition) is 1. The average Bonchev–Trinajstić information content (AvgIpc) is 2.45. The summed E-state index contributed by atoms with van der Waals surface area (Å²) in [5.41, 5.74) is 14.4. The number of esters is 1. The fraction of sp³-hybridized carbons (Fsp3) is 0.214. The number of ether oxygens (including phenoxy) is 1. The Hall–Kier alpha value is -1.98. The first kappa shape index (κ1) is 18.1. The molecule has 1 rings (SSSR count). The minimum atomic E-state index is -1.05. The van der Waals surface area contributed by atoms with Crippen molar-refractivity contribution in [3.63, 3.8) is 0 Å². The first-order valence-corrected chi connectivity index (χ1v) is 6.90. The zero-order chi connectivity index (χ0) is 16.7. The summed E-state index contributed by atoms with van der Waals surface area (Å²) in [5, 5.41) is 0.724. The highest BCUT2D eigenvalue weighted by Gasteiger charge is 2.32. The molecule has 0 unspecified atom stereocenters.